The Bertz CT molecular complexity index is 575. The van der Waals surface area contributed by atoms with E-state index in [0.717, 1.165) is 6.42 Å². The van der Waals surface area contributed by atoms with Crippen molar-refractivity contribution in [1.82, 2.24) is 14.7 Å². The molecule has 2 rings (SSSR count). The van der Waals surface area contributed by atoms with E-state index < -0.39 is 21.4 Å². The largest absolute Gasteiger partial charge is 0.481 e. The second kappa shape index (κ2) is 4.93. The van der Waals surface area contributed by atoms with Crippen LogP contribution in [-0.4, -0.2) is 36.0 Å². The van der Waals surface area contributed by atoms with Crippen molar-refractivity contribution >= 4 is 16.0 Å². The number of aromatic nitrogens is 2. The molecule has 8 heteroatoms. The highest BCUT2D eigenvalue weighted by atomic mass is 32.2. The van der Waals surface area contributed by atoms with E-state index in [1.165, 1.54) is 6.20 Å². The minimum atomic E-state index is -3.72. The topological polar surface area (TPSA) is 112 Å². The van der Waals surface area contributed by atoms with E-state index in [-0.39, 0.29) is 11.6 Å². The number of imidazole rings is 1. The number of carboxylic acids is 1. The van der Waals surface area contributed by atoms with Gasteiger partial charge in [0.15, 0.2) is 5.03 Å². The molecule has 0 atom stereocenters. The third-order valence-electron chi connectivity index (χ3n) is 3.59. The Balaban J connectivity index is 2.07. The van der Waals surface area contributed by atoms with Crippen molar-refractivity contribution in [3.63, 3.8) is 0 Å². The van der Waals surface area contributed by atoms with E-state index in [4.69, 9.17) is 5.11 Å². The van der Waals surface area contributed by atoms with Crippen LogP contribution in [0.1, 0.15) is 32.0 Å². The standard InChI is InChI=1S/C11H17N3O4S/c1-2-8-12-6-9(14-8)19(17,18)13-7-11(10(15)16)4-3-5-11/h6,13H,2-5,7H2,1H3,(H,12,14)(H,15,16). The molecule has 1 heterocycles. The van der Waals surface area contributed by atoms with Gasteiger partial charge in [-0.1, -0.05) is 13.3 Å². The van der Waals surface area contributed by atoms with E-state index in [1.54, 1.807) is 0 Å². The first kappa shape index (κ1) is 14.0. The van der Waals surface area contributed by atoms with E-state index in [1.807, 2.05) is 6.92 Å². The van der Waals surface area contributed by atoms with Crippen molar-refractivity contribution in [2.75, 3.05) is 6.54 Å². The van der Waals surface area contributed by atoms with Gasteiger partial charge >= 0.3 is 5.97 Å². The molecular weight excluding hydrogens is 270 g/mol. The van der Waals surface area contributed by atoms with Gasteiger partial charge in [-0.05, 0) is 12.8 Å². The van der Waals surface area contributed by atoms with E-state index in [9.17, 15) is 13.2 Å². The molecule has 106 valence electrons. The zero-order valence-electron chi connectivity index (χ0n) is 10.6. The minimum Gasteiger partial charge on any atom is -0.481 e. The van der Waals surface area contributed by atoms with Gasteiger partial charge < -0.3 is 10.1 Å². The van der Waals surface area contributed by atoms with Crippen LogP contribution in [0.5, 0.6) is 0 Å². The van der Waals surface area contributed by atoms with Crippen molar-refractivity contribution in [2.45, 2.75) is 37.6 Å². The van der Waals surface area contributed by atoms with Gasteiger partial charge in [-0.25, -0.2) is 18.1 Å². The van der Waals surface area contributed by atoms with Crippen molar-refractivity contribution < 1.29 is 18.3 Å². The van der Waals surface area contributed by atoms with Crippen LogP contribution in [0, 0.1) is 5.41 Å². The molecule has 0 unspecified atom stereocenters. The number of nitrogens with zero attached hydrogens (tertiary/aromatic N) is 1. The van der Waals surface area contributed by atoms with Gasteiger partial charge in [0.05, 0.1) is 11.6 Å². The number of carboxylic acid groups (broad SMARTS) is 1. The Morgan fingerprint density at radius 3 is 2.68 bits per heavy atom. The van der Waals surface area contributed by atoms with Crippen LogP contribution in [0.2, 0.25) is 0 Å². The number of hydrogen-bond acceptors (Lipinski definition) is 4. The molecule has 1 fully saturated rings. The molecule has 1 aromatic rings. The SMILES string of the molecule is CCc1ncc(S(=O)(=O)NCC2(C(=O)O)CCC2)[nH]1. The lowest BCUT2D eigenvalue weighted by Gasteiger charge is -2.37. The summed E-state index contributed by atoms with van der Waals surface area (Å²) in [6, 6.07) is 0. The number of rotatable bonds is 6. The summed E-state index contributed by atoms with van der Waals surface area (Å²) in [5, 5.41) is 9.11. The number of H-pyrrole nitrogens is 1. The van der Waals surface area contributed by atoms with Crippen molar-refractivity contribution in [1.29, 1.82) is 0 Å². The summed E-state index contributed by atoms with van der Waals surface area (Å²) in [4.78, 5) is 17.8. The van der Waals surface area contributed by atoms with Gasteiger partial charge in [-0.15, -0.1) is 0 Å². The van der Waals surface area contributed by atoms with Crippen molar-refractivity contribution in [2.24, 2.45) is 5.41 Å². The summed E-state index contributed by atoms with van der Waals surface area (Å²) in [7, 11) is -3.72. The summed E-state index contributed by atoms with van der Waals surface area (Å²) < 4.78 is 26.3. The smallest absolute Gasteiger partial charge is 0.310 e. The van der Waals surface area contributed by atoms with Crippen LogP contribution in [-0.2, 0) is 21.2 Å². The second-order valence-corrected chi connectivity index (χ2v) is 6.55. The van der Waals surface area contributed by atoms with E-state index in [2.05, 4.69) is 14.7 Å². The number of nitrogens with one attached hydrogen (secondary N) is 2. The minimum absolute atomic E-state index is 0.0239. The van der Waals surface area contributed by atoms with Crippen LogP contribution in [0.25, 0.3) is 0 Å². The molecule has 0 spiro atoms. The van der Waals surface area contributed by atoms with Gasteiger partial charge in [0, 0.05) is 13.0 Å². The zero-order chi connectivity index (χ0) is 14.1. The Kier molecular flexibility index (Phi) is 3.64. The number of carbonyl (C=O) groups is 1. The van der Waals surface area contributed by atoms with Crippen LogP contribution in [0.4, 0.5) is 0 Å². The molecule has 0 aromatic carbocycles. The van der Waals surface area contributed by atoms with E-state index in [0.29, 0.717) is 25.1 Å². The van der Waals surface area contributed by atoms with Gasteiger partial charge in [0.2, 0.25) is 0 Å². The fourth-order valence-electron chi connectivity index (χ4n) is 2.04. The number of hydrogen-bond donors (Lipinski definition) is 3. The molecule has 1 aromatic heterocycles. The monoisotopic (exact) mass is 287 g/mol. The molecule has 0 radical (unpaired) electrons. The number of aliphatic carboxylic acids is 1. The normalized spacial score (nSPS) is 17.9. The first-order valence-electron chi connectivity index (χ1n) is 6.16. The summed E-state index contributed by atoms with van der Waals surface area (Å²) in [6.07, 6.45) is 3.68. The predicted octanol–water partition coefficient (Wildman–Crippen LogP) is 0.505. The molecule has 1 aliphatic carbocycles. The average molecular weight is 287 g/mol. The van der Waals surface area contributed by atoms with Crippen LogP contribution in [0.3, 0.4) is 0 Å². The van der Waals surface area contributed by atoms with Crippen molar-refractivity contribution in [3.8, 4) is 0 Å². The second-order valence-electron chi connectivity index (χ2n) is 4.81. The maximum atomic E-state index is 12.0. The maximum absolute atomic E-state index is 12.0. The third kappa shape index (κ3) is 2.64. The molecule has 0 bridgehead atoms. The summed E-state index contributed by atoms with van der Waals surface area (Å²) in [5.41, 5.74) is -0.944. The molecule has 0 saturated heterocycles. The lowest BCUT2D eigenvalue weighted by Crippen LogP contribution is -2.47. The van der Waals surface area contributed by atoms with E-state index >= 15 is 0 Å². The molecule has 1 saturated carbocycles. The summed E-state index contributed by atoms with van der Waals surface area (Å²) in [5.74, 6) is -0.364. The maximum Gasteiger partial charge on any atom is 0.310 e. The Morgan fingerprint density at radius 2 is 2.26 bits per heavy atom. The summed E-state index contributed by atoms with van der Waals surface area (Å²) in [6.45, 7) is 1.78. The lowest BCUT2D eigenvalue weighted by molar-refractivity contribution is -0.153. The molecule has 0 amide bonds. The number of aromatic amines is 1. The highest BCUT2D eigenvalue weighted by Crippen LogP contribution is 2.40. The van der Waals surface area contributed by atoms with Gasteiger partial charge in [-0.2, -0.15) is 0 Å². The Labute approximate surface area is 111 Å². The molecule has 3 N–H and O–H groups in total. The van der Waals surface area contributed by atoms with Crippen LogP contribution >= 0.6 is 0 Å². The van der Waals surface area contributed by atoms with Crippen LogP contribution in [0.15, 0.2) is 11.2 Å². The Morgan fingerprint density at radius 1 is 1.58 bits per heavy atom. The number of sulfonamides is 1. The first-order chi connectivity index (χ1) is 8.89. The quantitative estimate of drug-likeness (QED) is 0.705. The zero-order valence-corrected chi connectivity index (χ0v) is 11.5. The fourth-order valence-corrected chi connectivity index (χ4v) is 3.11. The molecule has 0 aliphatic heterocycles. The Hall–Kier alpha value is -1.41. The summed E-state index contributed by atoms with van der Waals surface area (Å²) >= 11 is 0. The molecule has 1 aliphatic rings. The fraction of sp³-hybridized carbons (Fsp3) is 0.636. The molecular formula is C11H17N3O4S. The van der Waals surface area contributed by atoms with Gasteiger partial charge in [-0.3, -0.25) is 4.79 Å². The highest BCUT2D eigenvalue weighted by molar-refractivity contribution is 7.89. The third-order valence-corrected chi connectivity index (χ3v) is 4.91. The van der Waals surface area contributed by atoms with Gasteiger partial charge in [0.25, 0.3) is 10.0 Å². The van der Waals surface area contributed by atoms with Crippen molar-refractivity contribution in [3.05, 3.63) is 12.0 Å². The number of aryl methyl sites for hydroxylation is 1. The first-order valence-corrected chi connectivity index (χ1v) is 7.65. The molecule has 7 nitrogen and oxygen atoms in total. The molecule has 19 heavy (non-hydrogen) atoms. The van der Waals surface area contributed by atoms with Crippen LogP contribution < -0.4 is 4.72 Å². The van der Waals surface area contributed by atoms with Gasteiger partial charge in [0.1, 0.15) is 5.82 Å². The highest BCUT2D eigenvalue weighted by Gasteiger charge is 2.45. The lowest BCUT2D eigenvalue weighted by atomic mass is 9.69. The average Bonchev–Trinajstić information content (AvgIpc) is 2.76. The predicted molar refractivity (Wildman–Crippen MR) is 67.1 cm³/mol.